The Balaban J connectivity index is 2.18. The van der Waals surface area contributed by atoms with Gasteiger partial charge in [0.05, 0.1) is 6.54 Å². The van der Waals surface area contributed by atoms with Gasteiger partial charge in [0, 0.05) is 42.8 Å². The third-order valence-corrected chi connectivity index (χ3v) is 5.12. The van der Waals surface area contributed by atoms with Crippen LogP contribution in [0, 0.1) is 0 Å². The van der Waals surface area contributed by atoms with E-state index in [1.165, 1.54) is 17.3 Å². The molecule has 0 aromatic carbocycles. The number of rotatable bonds is 6. The fourth-order valence-corrected chi connectivity index (χ4v) is 3.99. The highest BCUT2D eigenvalue weighted by molar-refractivity contribution is 8.06. The number of nitrogens with one attached hydrogen (secondary N) is 2. The predicted octanol–water partition coefficient (Wildman–Crippen LogP) is 0.280. The maximum atomic E-state index is 5.42. The van der Waals surface area contributed by atoms with Crippen molar-refractivity contribution in [2.75, 3.05) is 44.1 Å². The van der Waals surface area contributed by atoms with Crippen molar-refractivity contribution in [3.8, 4) is 0 Å². The van der Waals surface area contributed by atoms with Crippen LogP contribution < -0.4 is 16.6 Å². The quantitative estimate of drug-likeness (QED) is 0.213. The first-order chi connectivity index (χ1) is 8.36. The number of aliphatic imine (C=N–C) groups is 1. The molecule has 1 unspecified atom stereocenters. The number of nitrogens with zero attached hydrogens (tertiary/aromatic N) is 1. The van der Waals surface area contributed by atoms with Crippen molar-refractivity contribution in [2.24, 2.45) is 10.8 Å². The molecule has 4 N–H and O–H groups in total. The zero-order chi connectivity index (χ0) is 12.3. The van der Waals surface area contributed by atoms with Gasteiger partial charge in [0.2, 0.25) is 5.96 Å². The highest BCUT2D eigenvalue weighted by Crippen LogP contribution is 2.23. The molecule has 0 spiro atoms. The van der Waals surface area contributed by atoms with Crippen molar-refractivity contribution >= 4 is 29.5 Å². The first-order valence-corrected chi connectivity index (χ1v) is 8.00. The second kappa shape index (κ2) is 9.87. The van der Waals surface area contributed by atoms with Gasteiger partial charge in [0.15, 0.2) is 0 Å². The van der Waals surface area contributed by atoms with Gasteiger partial charge < -0.3 is 10.1 Å². The van der Waals surface area contributed by atoms with Crippen molar-refractivity contribution in [1.29, 1.82) is 0 Å². The molecular weight excluding hydrogens is 256 g/mol. The molecular formula is C10H22N4OS2. The third kappa shape index (κ3) is 7.03. The number of hydrogen-bond acceptors (Lipinski definition) is 5. The number of guanidine groups is 1. The van der Waals surface area contributed by atoms with Crippen molar-refractivity contribution < 1.29 is 4.74 Å². The molecule has 1 rings (SSSR count). The topological polar surface area (TPSA) is 71.7 Å². The summed E-state index contributed by atoms with van der Waals surface area (Å²) in [5.74, 6) is 9.78. The molecule has 0 bridgehead atoms. The number of ether oxygens (including phenoxy) is 1. The van der Waals surface area contributed by atoms with Crippen LogP contribution in [0.25, 0.3) is 0 Å². The van der Waals surface area contributed by atoms with Gasteiger partial charge in [0.1, 0.15) is 0 Å². The minimum atomic E-state index is 0.623. The van der Waals surface area contributed by atoms with Crippen LogP contribution in [0.4, 0.5) is 0 Å². The number of hydrogen-bond donors (Lipinski definition) is 3. The fourth-order valence-electron chi connectivity index (χ4n) is 1.41. The Morgan fingerprint density at radius 1 is 1.53 bits per heavy atom. The van der Waals surface area contributed by atoms with Crippen LogP contribution in [-0.2, 0) is 4.74 Å². The maximum absolute atomic E-state index is 5.42. The van der Waals surface area contributed by atoms with Crippen molar-refractivity contribution in [2.45, 2.75) is 11.7 Å². The molecule has 0 aliphatic carbocycles. The van der Waals surface area contributed by atoms with Crippen molar-refractivity contribution in [3.63, 3.8) is 0 Å². The molecule has 17 heavy (non-hydrogen) atoms. The Labute approximate surface area is 112 Å². The van der Waals surface area contributed by atoms with Crippen LogP contribution in [0.2, 0.25) is 0 Å². The van der Waals surface area contributed by atoms with Gasteiger partial charge in [-0.25, -0.2) is 5.84 Å². The van der Waals surface area contributed by atoms with Crippen LogP contribution in [-0.4, -0.2) is 55.3 Å². The van der Waals surface area contributed by atoms with E-state index in [9.17, 15) is 0 Å². The van der Waals surface area contributed by atoms with E-state index in [1.54, 1.807) is 7.11 Å². The molecule has 7 heteroatoms. The third-order valence-electron chi connectivity index (χ3n) is 2.29. The summed E-state index contributed by atoms with van der Waals surface area (Å²) in [5.41, 5.74) is 2.60. The lowest BCUT2D eigenvalue weighted by molar-refractivity contribution is 0.195. The zero-order valence-corrected chi connectivity index (χ0v) is 11.9. The molecule has 1 fully saturated rings. The Hall–Kier alpha value is -0.110. The fraction of sp³-hybridized carbons (Fsp3) is 0.900. The molecule has 0 saturated carbocycles. The molecule has 0 aromatic rings. The molecule has 100 valence electrons. The minimum absolute atomic E-state index is 0.623. The van der Waals surface area contributed by atoms with E-state index in [1.807, 2.05) is 23.5 Å². The molecule has 5 nitrogen and oxygen atoms in total. The van der Waals surface area contributed by atoms with Gasteiger partial charge in [-0.05, 0) is 6.42 Å². The Morgan fingerprint density at radius 3 is 3.06 bits per heavy atom. The summed E-state index contributed by atoms with van der Waals surface area (Å²) in [5, 5.41) is 3.78. The SMILES string of the molecule is COCCCNC(=NCC1CSCCS1)NN. The van der Waals surface area contributed by atoms with E-state index in [0.29, 0.717) is 11.2 Å². The molecule has 0 radical (unpaired) electrons. The molecule has 1 heterocycles. The largest absolute Gasteiger partial charge is 0.385 e. The van der Waals surface area contributed by atoms with Gasteiger partial charge >= 0.3 is 0 Å². The predicted molar refractivity (Wildman–Crippen MR) is 77.7 cm³/mol. The summed E-state index contributed by atoms with van der Waals surface area (Å²) in [7, 11) is 1.70. The van der Waals surface area contributed by atoms with E-state index in [2.05, 4.69) is 15.7 Å². The molecule has 1 aliphatic heterocycles. The molecule has 1 atom stereocenters. The number of hydrazine groups is 1. The lowest BCUT2D eigenvalue weighted by Crippen LogP contribution is -2.42. The Kier molecular flexibility index (Phi) is 8.68. The zero-order valence-electron chi connectivity index (χ0n) is 10.3. The van der Waals surface area contributed by atoms with Gasteiger partial charge in [0.25, 0.3) is 0 Å². The number of thioether (sulfide) groups is 2. The summed E-state index contributed by atoms with van der Waals surface area (Å²) in [4.78, 5) is 4.46. The molecule has 0 aromatic heterocycles. The standard InChI is InChI=1S/C10H22N4OS2/c1-15-4-2-3-12-10(14-11)13-7-9-8-16-5-6-17-9/h9H,2-8,11H2,1H3,(H2,12,13,14). The Morgan fingerprint density at radius 2 is 2.41 bits per heavy atom. The van der Waals surface area contributed by atoms with Crippen LogP contribution in [0.1, 0.15) is 6.42 Å². The summed E-state index contributed by atoms with van der Waals surface area (Å²) >= 11 is 4.01. The second-order valence-corrected chi connectivity index (χ2v) is 6.23. The Bertz CT molecular complexity index is 222. The van der Waals surface area contributed by atoms with Gasteiger partial charge in [-0.15, -0.1) is 0 Å². The van der Waals surface area contributed by atoms with E-state index in [-0.39, 0.29) is 0 Å². The summed E-state index contributed by atoms with van der Waals surface area (Å²) in [6.07, 6.45) is 0.950. The number of methoxy groups -OCH3 is 1. The van der Waals surface area contributed by atoms with Crippen LogP contribution in [0.3, 0.4) is 0 Å². The molecule has 1 saturated heterocycles. The normalized spacial score (nSPS) is 21.3. The highest BCUT2D eigenvalue weighted by Gasteiger charge is 2.13. The van der Waals surface area contributed by atoms with E-state index in [0.717, 1.165) is 26.1 Å². The minimum Gasteiger partial charge on any atom is -0.385 e. The van der Waals surface area contributed by atoms with Gasteiger partial charge in [-0.2, -0.15) is 23.5 Å². The lowest BCUT2D eigenvalue weighted by atomic mass is 10.4. The smallest absolute Gasteiger partial charge is 0.205 e. The van der Waals surface area contributed by atoms with E-state index in [4.69, 9.17) is 10.6 Å². The monoisotopic (exact) mass is 278 g/mol. The van der Waals surface area contributed by atoms with Crippen molar-refractivity contribution in [1.82, 2.24) is 10.7 Å². The van der Waals surface area contributed by atoms with Gasteiger partial charge in [-0.1, -0.05) is 0 Å². The summed E-state index contributed by atoms with van der Waals surface area (Å²) in [6, 6.07) is 0. The lowest BCUT2D eigenvalue weighted by Gasteiger charge is -2.19. The summed E-state index contributed by atoms with van der Waals surface area (Å²) in [6.45, 7) is 2.40. The van der Waals surface area contributed by atoms with Crippen LogP contribution >= 0.6 is 23.5 Å². The van der Waals surface area contributed by atoms with Gasteiger partial charge in [-0.3, -0.25) is 10.4 Å². The molecule has 1 aliphatic rings. The molecule has 0 amide bonds. The maximum Gasteiger partial charge on any atom is 0.205 e. The van der Waals surface area contributed by atoms with E-state index < -0.39 is 0 Å². The summed E-state index contributed by atoms with van der Waals surface area (Å²) < 4.78 is 4.97. The average Bonchev–Trinajstić information content (AvgIpc) is 2.39. The van der Waals surface area contributed by atoms with Crippen LogP contribution in [0.15, 0.2) is 4.99 Å². The van der Waals surface area contributed by atoms with Crippen molar-refractivity contribution in [3.05, 3.63) is 0 Å². The number of nitrogens with two attached hydrogens (primary N) is 1. The highest BCUT2D eigenvalue weighted by atomic mass is 32.2. The second-order valence-electron chi connectivity index (χ2n) is 3.67. The average molecular weight is 278 g/mol. The van der Waals surface area contributed by atoms with Crippen LogP contribution in [0.5, 0.6) is 0 Å². The first kappa shape index (κ1) is 14.9. The first-order valence-electron chi connectivity index (χ1n) is 5.80. The van der Waals surface area contributed by atoms with E-state index >= 15 is 0 Å².